The Balaban J connectivity index is 2.53. The predicted octanol–water partition coefficient (Wildman–Crippen LogP) is 2.64. The zero-order valence-electron chi connectivity index (χ0n) is 10.8. The number of carbonyl (C=O) groups is 1. The van der Waals surface area contributed by atoms with Crippen LogP contribution in [0.25, 0.3) is 0 Å². The summed E-state index contributed by atoms with van der Waals surface area (Å²) in [6.45, 7) is 4.42. The van der Waals surface area contributed by atoms with Crippen LogP contribution in [-0.2, 0) is 10.8 Å². The third-order valence-corrected chi connectivity index (χ3v) is 4.53. The van der Waals surface area contributed by atoms with Crippen LogP contribution >= 0.6 is 15.9 Å². The first-order valence-corrected chi connectivity index (χ1v) is 8.19. The molecule has 1 amide bonds. The van der Waals surface area contributed by atoms with E-state index in [4.69, 9.17) is 0 Å². The van der Waals surface area contributed by atoms with Gasteiger partial charge in [-0.15, -0.1) is 0 Å². The van der Waals surface area contributed by atoms with E-state index in [-0.39, 0.29) is 11.2 Å². The first-order valence-electron chi connectivity index (χ1n) is 5.77. The topological polar surface area (TPSA) is 46.2 Å². The van der Waals surface area contributed by atoms with Gasteiger partial charge in [0, 0.05) is 38.9 Å². The van der Waals surface area contributed by atoms with Gasteiger partial charge < -0.3 is 5.32 Å². The van der Waals surface area contributed by atoms with E-state index in [1.807, 2.05) is 26.0 Å². The molecule has 0 saturated carbocycles. The molecule has 0 aliphatic heterocycles. The molecule has 2 atom stereocenters. The summed E-state index contributed by atoms with van der Waals surface area (Å²) in [6.07, 6.45) is 2.41. The summed E-state index contributed by atoms with van der Waals surface area (Å²) in [7, 11) is -0.836. The van der Waals surface area contributed by atoms with Gasteiger partial charge in [0.15, 0.2) is 0 Å². The minimum Gasteiger partial charge on any atom is -0.352 e. The van der Waals surface area contributed by atoms with E-state index in [2.05, 4.69) is 21.2 Å². The lowest BCUT2D eigenvalue weighted by atomic mass is 10.1. The molecule has 0 unspecified atom stereocenters. The molecule has 0 spiro atoms. The summed E-state index contributed by atoms with van der Waals surface area (Å²) in [5.74, 6) is -0.0894. The number of aryl methyl sites for hydroxylation is 1. The summed E-state index contributed by atoms with van der Waals surface area (Å²) in [5.41, 5.74) is 1.68. The minimum absolute atomic E-state index is 0.0894. The van der Waals surface area contributed by atoms with Crippen LogP contribution in [0, 0.1) is 6.92 Å². The maximum absolute atomic E-state index is 11.9. The molecule has 0 bridgehead atoms. The van der Waals surface area contributed by atoms with Crippen LogP contribution in [0.15, 0.2) is 22.7 Å². The molecule has 0 fully saturated rings. The van der Waals surface area contributed by atoms with Crippen molar-refractivity contribution in [2.75, 3.05) is 12.8 Å². The van der Waals surface area contributed by atoms with Gasteiger partial charge in [-0.2, -0.15) is 0 Å². The van der Waals surface area contributed by atoms with E-state index >= 15 is 0 Å². The number of carbonyl (C=O) groups excluding carboxylic acids is 1. The van der Waals surface area contributed by atoms with Crippen LogP contribution in [-0.4, -0.2) is 28.2 Å². The normalized spacial score (nSPS) is 14.0. The molecule has 0 heterocycles. The predicted molar refractivity (Wildman–Crippen MR) is 79.4 cm³/mol. The Labute approximate surface area is 119 Å². The third-order valence-electron chi connectivity index (χ3n) is 2.71. The molecule has 1 aromatic carbocycles. The van der Waals surface area contributed by atoms with Crippen LogP contribution in [0.4, 0.5) is 0 Å². The highest BCUT2D eigenvalue weighted by Crippen LogP contribution is 2.15. The van der Waals surface area contributed by atoms with Crippen molar-refractivity contribution in [2.24, 2.45) is 0 Å². The maximum atomic E-state index is 11.9. The van der Waals surface area contributed by atoms with Gasteiger partial charge in [-0.1, -0.05) is 22.9 Å². The molecular formula is C13H18BrNO2S. The van der Waals surface area contributed by atoms with Crippen LogP contribution in [0.5, 0.6) is 0 Å². The molecule has 0 aromatic heterocycles. The van der Waals surface area contributed by atoms with Gasteiger partial charge in [0.2, 0.25) is 0 Å². The summed E-state index contributed by atoms with van der Waals surface area (Å²) in [6, 6.07) is 5.60. The Morgan fingerprint density at radius 2 is 2.11 bits per heavy atom. The zero-order chi connectivity index (χ0) is 13.7. The van der Waals surface area contributed by atoms with Gasteiger partial charge in [0.25, 0.3) is 5.91 Å². The van der Waals surface area contributed by atoms with Crippen molar-refractivity contribution < 1.29 is 9.00 Å². The van der Waals surface area contributed by atoms with Gasteiger partial charge >= 0.3 is 0 Å². The molecule has 1 N–H and O–H groups in total. The summed E-state index contributed by atoms with van der Waals surface area (Å²) in [5, 5.41) is 2.95. The molecular weight excluding hydrogens is 314 g/mol. The number of hydrogen-bond donors (Lipinski definition) is 1. The Hall–Kier alpha value is -0.680. The summed E-state index contributed by atoms with van der Waals surface area (Å²) in [4.78, 5) is 11.9. The maximum Gasteiger partial charge on any atom is 0.251 e. The second-order valence-electron chi connectivity index (χ2n) is 4.37. The molecule has 0 saturated heterocycles. The van der Waals surface area contributed by atoms with Crippen molar-refractivity contribution in [3.8, 4) is 0 Å². The van der Waals surface area contributed by atoms with Gasteiger partial charge in [-0.25, -0.2) is 0 Å². The fourth-order valence-electron chi connectivity index (χ4n) is 1.52. The monoisotopic (exact) mass is 331 g/mol. The highest BCUT2D eigenvalue weighted by atomic mass is 79.9. The number of nitrogens with one attached hydrogen (secondary N) is 1. The SMILES string of the molecule is Cc1cc(Br)cc(C(=O)NCC[C@@H](C)[S@@](C)=O)c1. The van der Waals surface area contributed by atoms with E-state index in [1.165, 1.54) is 0 Å². The Kier molecular flexibility index (Phi) is 6.02. The summed E-state index contributed by atoms with van der Waals surface area (Å²) >= 11 is 3.37. The lowest BCUT2D eigenvalue weighted by Gasteiger charge is -2.10. The largest absolute Gasteiger partial charge is 0.352 e. The van der Waals surface area contributed by atoms with E-state index in [0.717, 1.165) is 16.5 Å². The van der Waals surface area contributed by atoms with Crippen molar-refractivity contribution in [3.05, 3.63) is 33.8 Å². The minimum atomic E-state index is -0.836. The average molecular weight is 332 g/mol. The van der Waals surface area contributed by atoms with Crippen LogP contribution in [0.1, 0.15) is 29.3 Å². The van der Waals surface area contributed by atoms with Gasteiger partial charge in [-0.05, 0) is 37.1 Å². The molecule has 0 radical (unpaired) electrons. The fourth-order valence-corrected chi connectivity index (χ4v) is 2.58. The first kappa shape index (κ1) is 15.4. The Morgan fingerprint density at radius 1 is 1.44 bits per heavy atom. The standard InChI is InChI=1S/C13H18BrNO2S/c1-9-6-11(8-12(14)7-9)13(16)15-5-4-10(2)18(3)17/h6-8,10H,4-5H2,1-3H3,(H,15,16)/t10-,18-/m1/s1. The molecule has 0 aliphatic rings. The summed E-state index contributed by atoms with van der Waals surface area (Å²) < 4.78 is 12.1. The number of hydrogen-bond acceptors (Lipinski definition) is 2. The molecule has 5 heteroatoms. The zero-order valence-corrected chi connectivity index (χ0v) is 13.2. The Bertz CT molecular complexity index is 442. The van der Waals surface area contributed by atoms with Crippen molar-refractivity contribution in [1.29, 1.82) is 0 Å². The fraction of sp³-hybridized carbons (Fsp3) is 0.462. The molecule has 18 heavy (non-hydrogen) atoms. The smallest absolute Gasteiger partial charge is 0.251 e. The average Bonchev–Trinajstić information content (AvgIpc) is 2.27. The van der Waals surface area contributed by atoms with E-state index < -0.39 is 10.8 Å². The quantitative estimate of drug-likeness (QED) is 0.901. The van der Waals surface area contributed by atoms with Crippen LogP contribution in [0.3, 0.4) is 0 Å². The van der Waals surface area contributed by atoms with E-state index in [9.17, 15) is 9.00 Å². The number of halogens is 1. The molecule has 3 nitrogen and oxygen atoms in total. The van der Waals surface area contributed by atoms with Crippen molar-refractivity contribution in [2.45, 2.75) is 25.5 Å². The van der Waals surface area contributed by atoms with Crippen molar-refractivity contribution in [3.63, 3.8) is 0 Å². The van der Waals surface area contributed by atoms with E-state index in [0.29, 0.717) is 12.1 Å². The first-order chi connectivity index (χ1) is 8.40. The second kappa shape index (κ2) is 7.04. The number of amides is 1. The third kappa shape index (κ3) is 4.90. The van der Waals surface area contributed by atoms with Gasteiger partial charge in [0.1, 0.15) is 0 Å². The van der Waals surface area contributed by atoms with Crippen molar-refractivity contribution in [1.82, 2.24) is 5.32 Å². The van der Waals surface area contributed by atoms with Crippen LogP contribution in [0.2, 0.25) is 0 Å². The second-order valence-corrected chi connectivity index (χ2v) is 7.09. The van der Waals surface area contributed by atoms with Gasteiger partial charge in [0.05, 0.1) is 0 Å². The van der Waals surface area contributed by atoms with E-state index in [1.54, 1.807) is 12.3 Å². The number of rotatable bonds is 5. The van der Waals surface area contributed by atoms with Gasteiger partial charge in [-0.3, -0.25) is 9.00 Å². The Morgan fingerprint density at radius 3 is 2.67 bits per heavy atom. The molecule has 0 aliphatic carbocycles. The lowest BCUT2D eigenvalue weighted by molar-refractivity contribution is 0.0953. The molecule has 1 aromatic rings. The highest BCUT2D eigenvalue weighted by Gasteiger charge is 2.09. The lowest BCUT2D eigenvalue weighted by Crippen LogP contribution is -2.27. The highest BCUT2D eigenvalue weighted by molar-refractivity contribution is 9.10. The molecule has 1 rings (SSSR count). The van der Waals surface area contributed by atoms with Crippen LogP contribution < -0.4 is 5.32 Å². The molecule has 100 valence electrons. The van der Waals surface area contributed by atoms with Crippen molar-refractivity contribution >= 4 is 32.6 Å². The number of benzene rings is 1.